The van der Waals surface area contributed by atoms with E-state index in [0.29, 0.717) is 28.7 Å². The molecule has 3 aromatic rings. The van der Waals surface area contributed by atoms with Gasteiger partial charge in [-0.25, -0.2) is 0 Å². The van der Waals surface area contributed by atoms with E-state index in [1.54, 1.807) is 41.7 Å². The summed E-state index contributed by atoms with van der Waals surface area (Å²) in [5, 5.41) is 0. The summed E-state index contributed by atoms with van der Waals surface area (Å²) < 4.78 is 27.4. The van der Waals surface area contributed by atoms with Gasteiger partial charge in [0.2, 0.25) is 5.75 Å². The molecule has 0 saturated carbocycles. The van der Waals surface area contributed by atoms with Gasteiger partial charge in [0.05, 0.1) is 41.2 Å². The van der Waals surface area contributed by atoms with Crippen molar-refractivity contribution < 1.29 is 23.7 Å². The highest BCUT2D eigenvalue weighted by Crippen LogP contribution is 2.46. The van der Waals surface area contributed by atoms with Crippen LogP contribution < -0.4 is 23.7 Å². The Morgan fingerprint density at radius 3 is 1.93 bits per heavy atom. The van der Waals surface area contributed by atoms with Crippen LogP contribution in [0.3, 0.4) is 0 Å². The van der Waals surface area contributed by atoms with E-state index in [2.05, 4.69) is 4.98 Å². The summed E-state index contributed by atoms with van der Waals surface area (Å²) in [4.78, 5) is 4.61. The molecule has 0 aliphatic rings. The van der Waals surface area contributed by atoms with Crippen molar-refractivity contribution in [1.29, 1.82) is 0 Å². The fraction of sp³-hybridized carbons (Fsp3) is 0.227. The van der Waals surface area contributed by atoms with Crippen LogP contribution in [0, 0.1) is 0 Å². The molecule has 0 fully saturated rings. The summed E-state index contributed by atoms with van der Waals surface area (Å²) >= 11 is 0. The Morgan fingerprint density at radius 1 is 0.607 bits per heavy atom. The van der Waals surface area contributed by atoms with Crippen LogP contribution in [0.2, 0.25) is 0 Å². The van der Waals surface area contributed by atoms with Gasteiger partial charge in [-0.2, -0.15) is 0 Å². The summed E-state index contributed by atoms with van der Waals surface area (Å²) in [6.45, 7) is 0. The van der Waals surface area contributed by atoms with Crippen molar-refractivity contribution in [2.45, 2.75) is 0 Å². The van der Waals surface area contributed by atoms with Crippen molar-refractivity contribution in [1.82, 2.24) is 4.98 Å². The quantitative estimate of drug-likeness (QED) is 0.602. The van der Waals surface area contributed by atoms with Crippen molar-refractivity contribution >= 4 is 0 Å². The van der Waals surface area contributed by atoms with Gasteiger partial charge in [-0.05, 0) is 36.4 Å². The van der Waals surface area contributed by atoms with Gasteiger partial charge in [0.1, 0.15) is 0 Å². The van der Waals surface area contributed by atoms with Crippen LogP contribution in [0.4, 0.5) is 0 Å². The predicted molar refractivity (Wildman–Crippen MR) is 108 cm³/mol. The van der Waals surface area contributed by atoms with E-state index in [0.717, 1.165) is 22.4 Å². The van der Waals surface area contributed by atoms with Gasteiger partial charge in [0, 0.05) is 22.9 Å². The van der Waals surface area contributed by atoms with Crippen molar-refractivity contribution in [2.24, 2.45) is 0 Å². The molecular weight excluding hydrogens is 358 g/mol. The predicted octanol–water partition coefficient (Wildman–Crippen LogP) is 4.46. The molecule has 3 rings (SSSR count). The number of aromatic nitrogens is 1. The fourth-order valence-electron chi connectivity index (χ4n) is 3.15. The van der Waals surface area contributed by atoms with Crippen LogP contribution in [-0.4, -0.2) is 40.5 Å². The molecule has 0 unspecified atom stereocenters. The van der Waals surface area contributed by atoms with Gasteiger partial charge in [-0.1, -0.05) is 6.07 Å². The summed E-state index contributed by atoms with van der Waals surface area (Å²) in [7, 11) is 8.00. The molecule has 0 atom stereocenters. The molecule has 6 nitrogen and oxygen atoms in total. The van der Waals surface area contributed by atoms with Crippen molar-refractivity contribution in [2.75, 3.05) is 35.5 Å². The number of methoxy groups -OCH3 is 5. The molecule has 0 radical (unpaired) electrons. The maximum absolute atomic E-state index is 5.66. The molecular formula is C22H23NO5. The molecule has 0 aliphatic carbocycles. The molecule has 0 saturated heterocycles. The highest BCUT2D eigenvalue weighted by Gasteiger charge is 2.20. The first-order valence-electron chi connectivity index (χ1n) is 8.65. The smallest absolute Gasteiger partial charge is 0.203 e. The summed E-state index contributed by atoms with van der Waals surface area (Å²) in [6.07, 6.45) is 1.75. The first-order chi connectivity index (χ1) is 13.7. The largest absolute Gasteiger partial charge is 0.493 e. The van der Waals surface area contributed by atoms with Crippen molar-refractivity contribution in [3.63, 3.8) is 0 Å². The second-order valence-corrected chi connectivity index (χ2v) is 5.85. The average Bonchev–Trinajstić information content (AvgIpc) is 2.77. The number of benzene rings is 2. The van der Waals surface area contributed by atoms with Crippen LogP contribution in [0.5, 0.6) is 28.7 Å². The fourth-order valence-corrected chi connectivity index (χ4v) is 3.15. The van der Waals surface area contributed by atoms with Gasteiger partial charge in [-0.3, -0.25) is 4.98 Å². The monoisotopic (exact) mass is 381 g/mol. The second kappa shape index (κ2) is 8.52. The first-order valence-corrected chi connectivity index (χ1v) is 8.65. The van der Waals surface area contributed by atoms with Crippen LogP contribution >= 0.6 is 0 Å². The lowest BCUT2D eigenvalue weighted by molar-refractivity contribution is 0.325. The Kier molecular flexibility index (Phi) is 5.89. The third-order valence-electron chi connectivity index (χ3n) is 4.46. The number of nitrogens with zero attached hydrogens (tertiary/aromatic N) is 1. The molecule has 0 bridgehead atoms. The number of hydrogen-bond acceptors (Lipinski definition) is 6. The van der Waals surface area contributed by atoms with E-state index < -0.39 is 0 Å². The number of ether oxygens (including phenoxy) is 5. The number of hydrogen-bond donors (Lipinski definition) is 0. The molecule has 1 aromatic heterocycles. The van der Waals surface area contributed by atoms with E-state index in [-0.39, 0.29) is 0 Å². The molecule has 0 aliphatic heterocycles. The SMILES string of the molecule is COc1ccc(-c2ncccc2-c2ccc(OC)c(OC)c2OC)cc1OC. The third kappa shape index (κ3) is 3.41. The molecule has 0 amide bonds. The molecule has 28 heavy (non-hydrogen) atoms. The highest BCUT2D eigenvalue weighted by atomic mass is 16.5. The zero-order valence-electron chi connectivity index (χ0n) is 16.6. The summed E-state index contributed by atoms with van der Waals surface area (Å²) in [5.41, 5.74) is 3.42. The Bertz CT molecular complexity index is 971. The van der Waals surface area contributed by atoms with Crippen LogP contribution in [0.1, 0.15) is 0 Å². The minimum atomic E-state index is 0.532. The number of pyridine rings is 1. The van der Waals surface area contributed by atoms with Gasteiger partial charge in [0.15, 0.2) is 23.0 Å². The van der Waals surface area contributed by atoms with Crippen LogP contribution in [0.25, 0.3) is 22.4 Å². The minimum Gasteiger partial charge on any atom is -0.493 e. The van der Waals surface area contributed by atoms with Gasteiger partial charge in [-0.15, -0.1) is 0 Å². The zero-order valence-corrected chi connectivity index (χ0v) is 16.6. The Balaban J connectivity index is 2.22. The standard InChI is InChI=1S/C22H23NO5/c1-24-17-10-8-14(13-19(17)26-3)20-15(7-6-12-23-20)16-9-11-18(25-2)22(28-5)21(16)27-4/h6-13H,1-5H3. The van der Waals surface area contributed by atoms with Crippen LogP contribution in [-0.2, 0) is 0 Å². The Hall–Kier alpha value is -3.41. The lowest BCUT2D eigenvalue weighted by Crippen LogP contribution is -1.98. The van der Waals surface area contributed by atoms with E-state index in [4.69, 9.17) is 23.7 Å². The van der Waals surface area contributed by atoms with E-state index in [9.17, 15) is 0 Å². The first kappa shape index (κ1) is 19.4. The molecule has 6 heteroatoms. The maximum Gasteiger partial charge on any atom is 0.203 e. The highest BCUT2D eigenvalue weighted by molar-refractivity contribution is 5.86. The molecule has 2 aromatic carbocycles. The van der Waals surface area contributed by atoms with Gasteiger partial charge >= 0.3 is 0 Å². The van der Waals surface area contributed by atoms with Crippen molar-refractivity contribution in [3.05, 3.63) is 48.7 Å². The molecule has 0 N–H and O–H groups in total. The lowest BCUT2D eigenvalue weighted by atomic mass is 9.97. The van der Waals surface area contributed by atoms with Gasteiger partial charge < -0.3 is 23.7 Å². The molecule has 146 valence electrons. The second-order valence-electron chi connectivity index (χ2n) is 5.85. The minimum absolute atomic E-state index is 0.532. The average molecular weight is 381 g/mol. The Morgan fingerprint density at radius 2 is 1.29 bits per heavy atom. The molecule has 0 spiro atoms. The van der Waals surface area contributed by atoms with E-state index >= 15 is 0 Å². The van der Waals surface area contributed by atoms with E-state index in [1.807, 2.05) is 42.5 Å². The van der Waals surface area contributed by atoms with Crippen molar-refractivity contribution in [3.8, 4) is 51.1 Å². The zero-order chi connectivity index (χ0) is 20.1. The van der Waals surface area contributed by atoms with Gasteiger partial charge in [0.25, 0.3) is 0 Å². The Labute approximate surface area is 164 Å². The maximum atomic E-state index is 5.66. The normalized spacial score (nSPS) is 10.3. The number of rotatable bonds is 7. The van der Waals surface area contributed by atoms with Crippen LogP contribution in [0.15, 0.2) is 48.7 Å². The summed E-state index contributed by atoms with van der Waals surface area (Å²) in [6, 6.07) is 13.4. The summed E-state index contributed by atoms with van der Waals surface area (Å²) in [5.74, 6) is 3.00. The topological polar surface area (TPSA) is 59.0 Å². The third-order valence-corrected chi connectivity index (χ3v) is 4.46. The van der Waals surface area contributed by atoms with E-state index in [1.165, 1.54) is 0 Å². The lowest BCUT2D eigenvalue weighted by Gasteiger charge is -2.18. The molecule has 1 heterocycles.